The van der Waals surface area contributed by atoms with Crippen molar-refractivity contribution in [2.45, 2.75) is 76.5 Å². The van der Waals surface area contributed by atoms with Crippen LogP contribution in [0.3, 0.4) is 0 Å². The highest BCUT2D eigenvalue weighted by Crippen LogP contribution is 2.24. The topological polar surface area (TPSA) is 20.3 Å². The van der Waals surface area contributed by atoms with E-state index in [9.17, 15) is 4.79 Å². The van der Waals surface area contributed by atoms with Gasteiger partial charge in [-0.05, 0) is 18.8 Å². The fourth-order valence-electron chi connectivity index (χ4n) is 2.73. The maximum Gasteiger partial charge on any atom is 0.222 e. The molecule has 1 amide bonds. The Bertz CT molecular complexity index is 257. The molecule has 1 heterocycles. The van der Waals surface area contributed by atoms with E-state index in [2.05, 4.69) is 34.7 Å². The summed E-state index contributed by atoms with van der Waals surface area (Å²) in [5, 5.41) is 0. The number of carbonyl (C=O) groups excluding carboxylic acids is 1. The van der Waals surface area contributed by atoms with Crippen molar-refractivity contribution in [3.05, 3.63) is 0 Å². The highest BCUT2D eigenvalue weighted by molar-refractivity contribution is 9.09. The molecule has 1 rings (SSSR count). The number of rotatable bonds is 8. The van der Waals surface area contributed by atoms with Crippen LogP contribution in [0, 0.1) is 5.92 Å². The fraction of sp³-hybridized carbons (Fsp3) is 0.938. The second-order valence-electron chi connectivity index (χ2n) is 5.99. The molecule has 2 atom stereocenters. The maximum absolute atomic E-state index is 12.1. The van der Waals surface area contributed by atoms with Crippen LogP contribution in [-0.4, -0.2) is 28.7 Å². The molecular weight excluding hydrogens is 302 g/mol. The molecule has 0 bridgehead atoms. The van der Waals surface area contributed by atoms with E-state index in [1.54, 1.807) is 0 Å². The Morgan fingerprint density at radius 2 is 1.79 bits per heavy atom. The van der Waals surface area contributed by atoms with Crippen molar-refractivity contribution in [1.82, 2.24) is 4.90 Å². The van der Waals surface area contributed by atoms with Gasteiger partial charge in [-0.25, -0.2) is 0 Å². The van der Waals surface area contributed by atoms with E-state index in [1.165, 1.54) is 38.5 Å². The molecule has 19 heavy (non-hydrogen) atoms. The predicted molar refractivity (Wildman–Crippen MR) is 85.7 cm³/mol. The number of alkyl halides is 1. The van der Waals surface area contributed by atoms with Gasteiger partial charge >= 0.3 is 0 Å². The Morgan fingerprint density at radius 1 is 1.16 bits per heavy atom. The van der Waals surface area contributed by atoms with Gasteiger partial charge in [0.2, 0.25) is 5.91 Å². The Labute approximate surface area is 127 Å². The average Bonchev–Trinajstić information content (AvgIpc) is 2.40. The molecule has 0 N–H and O–H groups in total. The highest BCUT2D eigenvalue weighted by Gasteiger charge is 2.26. The van der Waals surface area contributed by atoms with Crippen molar-refractivity contribution >= 4 is 21.8 Å². The quantitative estimate of drug-likeness (QED) is 0.464. The van der Waals surface area contributed by atoms with Crippen LogP contribution < -0.4 is 0 Å². The first-order valence-electron chi connectivity index (χ1n) is 8.07. The van der Waals surface area contributed by atoms with Crippen molar-refractivity contribution in [2.24, 2.45) is 5.92 Å². The van der Waals surface area contributed by atoms with E-state index < -0.39 is 0 Å². The Balaban J connectivity index is 2.04. The number of hydrogen-bond donors (Lipinski definition) is 0. The van der Waals surface area contributed by atoms with E-state index >= 15 is 0 Å². The van der Waals surface area contributed by atoms with Crippen LogP contribution >= 0.6 is 15.9 Å². The zero-order chi connectivity index (χ0) is 14.1. The smallest absolute Gasteiger partial charge is 0.222 e. The summed E-state index contributed by atoms with van der Waals surface area (Å²) in [6, 6.07) is 0. The predicted octanol–water partition coefficient (Wildman–Crippen LogP) is 4.76. The first kappa shape index (κ1) is 17.0. The van der Waals surface area contributed by atoms with E-state index in [-0.39, 0.29) is 0 Å². The van der Waals surface area contributed by atoms with Crippen LogP contribution in [0.2, 0.25) is 0 Å². The lowest BCUT2D eigenvalue weighted by Crippen LogP contribution is -2.43. The summed E-state index contributed by atoms with van der Waals surface area (Å²) in [6.07, 6.45) is 10.8. The van der Waals surface area contributed by atoms with Crippen molar-refractivity contribution in [2.75, 3.05) is 13.1 Å². The number of likely N-dealkylation sites (tertiary alicyclic amines) is 1. The molecule has 0 aliphatic carbocycles. The van der Waals surface area contributed by atoms with Crippen LogP contribution in [0.25, 0.3) is 0 Å². The van der Waals surface area contributed by atoms with E-state index in [0.29, 0.717) is 16.7 Å². The molecule has 2 nitrogen and oxygen atoms in total. The number of halogens is 1. The summed E-state index contributed by atoms with van der Waals surface area (Å²) in [4.78, 5) is 14.8. The minimum absolute atomic E-state index is 0.375. The first-order chi connectivity index (χ1) is 9.15. The molecule has 1 aliphatic rings. The molecule has 1 aliphatic heterocycles. The van der Waals surface area contributed by atoms with Crippen LogP contribution in [0.5, 0.6) is 0 Å². The van der Waals surface area contributed by atoms with E-state index in [4.69, 9.17) is 0 Å². The SMILES string of the molecule is CCCCCCCCCC(=O)N1CCC(Br)C(C)C1. The third kappa shape index (κ3) is 6.78. The molecule has 0 saturated carbocycles. The van der Waals surface area contributed by atoms with Crippen molar-refractivity contribution in [3.63, 3.8) is 0 Å². The molecule has 0 aromatic rings. The Morgan fingerprint density at radius 3 is 2.42 bits per heavy atom. The van der Waals surface area contributed by atoms with E-state index in [0.717, 1.165) is 32.4 Å². The van der Waals surface area contributed by atoms with Crippen LogP contribution in [0.4, 0.5) is 0 Å². The second-order valence-corrected chi connectivity index (χ2v) is 7.17. The molecular formula is C16H30BrNO. The molecule has 2 unspecified atom stereocenters. The van der Waals surface area contributed by atoms with Gasteiger partial charge in [0, 0.05) is 24.3 Å². The average molecular weight is 332 g/mol. The summed E-state index contributed by atoms with van der Waals surface area (Å²) in [5.74, 6) is 0.964. The van der Waals surface area contributed by atoms with Gasteiger partial charge in [-0.3, -0.25) is 4.79 Å². The van der Waals surface area contributed by atoms with Gasteiger partial charge in [0.15, 0.2) is 0 Å². The molecule has 112 valence electrons. The summed E-state index contributed by atoms with van der Waals surface area (Å²) < 4.78 is 0. The molecule has 0 aromatic heterocycles. The monoisotopic (exact) mass is 331 g/mol. The van der Waals surface area contributed by atoms with Crippen molar-refractivity contribution in [3.8, 4) is 0 Å². The lowest BCUT2D eigenvalue weighted by Gasteiger charge is -2.34. The van der Waals surface area contributed by atoms with Gasteiger partial charge in [0.1, 0.15) is 0 Å². The van der Waals surface area contributed by atoms with Crippen molar-refractivity contribution < 1.29 is 4.79 Å². The van der Waals surface area contributed by atoms with Gasteiger partial charge in [-0.2, -0.15) is 0 Å². The summed E-state index contributed by atoms with van der Waals surface area (Å²) >= 11 is 3.69. The lowest BCUT2D eigenvalue weighted by atomic mass is 9.99. The molecule has 0 aromatic carbocycles. The normalized spacial score (nSPS) is 23.6. The molecule has 0 spiro atoms. The Hall–Kier alpha value is -0.0500. The van der Waals surface area contributed by atoms with Crippen LogP contribution in [0.15, 0.2) is 0 Å². The van der Waals surface area contributed by atoms with Gasteiger partial charge in [0.05, 0.1) is 0 Å². The maximum atomic E-state index is 12.1. The van der Waals surface area contributed by atoms with Gasteiger partial charge < -0.3 is 4.90 Å². The minimum atomic E-state index is 0.375. The number of hydrogen-bond acceptors (Lipinski definition) is 1. The second kappa shape index (κ2) is 9.79. The third-order valence-electron chi connectivity index (χ3n) is 4.15. The van der Waals surface area contributed by atoms with Gasteiger partial charge in [0.25, 0.3) is 0 Å². The number of amides is 1. The van der Waals surface area contributed by atoms with Crippen LogP contribution in [0.1, 0.15) is 71.6 Å². The van der Waals surface area contributed by atoms with E-state index in [1.807, 2.05) is 0 Å². The highest BCUT2D eigenvalue weighted by atomic mass is 79.9. The summed E-state index contributed by atoms with van der Waals surface area (Å²) in [7, 11) is 0. The number of piperidine rings is 1. The molecule has 1 fully saturated rings. The number of carbonyl (C=O) groups is 1. The van der Waals surface area contributed by atoms with Crippen molar-refractivity contribution in [1.29, 1.82) is 0 Å². The van der Waals surface area contributed by atoms with Gasteiger partial charge in [-0.15, -0.1) is 0 Å². The van der Waals surface area contributed by atoms with Crippen LogP contribution in [-0.2, 0) is 4.79 Å². The summed E-state index contributed by atoms with van der Waals surface area (Å²) in [6.45, 7) is 6.35. The molecule has 1 saturated heterocycles. The number of nitrogens with zero attached hydrogens (tertiary/aromatic N) is 1. The number of unbranched alkanes of at least 4 members (excludes halogenated alkanes) is 6. The fourth-order valence-corrected chi connectivity index (χ4v) is 3.11. The molecule has 3 heteroatoms. The lowest BCUT2D eigenvalue weighted by molar-refractivity contribution is -0.132. The first-order valence-corrected chi connectivity index (χ1v) is 8.98. The minimum Gasteiger partial charge on any atom is -0.342 e. The summed E-state index contributed by atoms with van der Waals surface area (Å²) in [5.41, 5.74) is 0. The van der Waals surface area contributed by atoms with Gasteiger partial charge in [-0.1, -0.05) is 68.3 Å². The largest absolute Gasteiger partial charge is 0.342 e. The third-order valence-corrected chi connectivity index (χ3v) is 5.51. The zero-order valence-electron chi connectivity index (χ0n) is 12.7. The Kier molecular flexibility index (Phi) is 8.76. The standard InChI is InChI=1S/C16H30BrNO/c1-3-4-5-6-7-8-9-10-16(19)18-12-11-15(17)14(2)13-18/h14-15H,3-13H2,1-2H3. The molecule has 0 radical (unpaired) electrons. The zero-order valence-corrected chi connectivity index (χ0v) is 14.3.